The fourth-order valence-electron chi connectivity index (χ4n) is 1.38. The molecule has 0 saturated heterocycles. The van der Waals surface area contributed by atoms with Gasteiger partial charge in [-0.3, -0.25) is 0 Å². The molecule has 14 heavy (non-hydrogen) atoms. The Kier molecular flexibility index (Phi) is 2.51. The first-order valence-electron chi connectivity index (χ1n) is 4.38. The van der Waals surface area contributed by atoms with Crippen molar-refractivity contribution in [3.05, 3.63) is 48.5 Å². The molecule has 0 unspecified atom stereocenters. The van der Waals surface area contributed by atoms with Crippen molar-refractivity contribution in [1.82, 2.24) is 9.97 Å². The molecule has 0 bridgehead atoms. The Balaban J connectivity index is 2.51. The molecule has 1 radical (unpaired) electrons. The molecule has 2 rings (SSSR count). The van der Waals surface area contributed by atoms with E-state index in [0.717, 1.165) is 16.7 Å². The van der Waals surface area contributed by atoms with Gasteiger partial charge in [-0.15, -0.1) is 0 Å². The summed E-state index contributed by atoms with van der Waals surface area (Å²) in [5, 5.41) is 0. The molecule has 3 heteroatoms. The predicted molar refractivity (Wildman–Crippen MR) is 54.2 cm³/mol. The van der Waals surface area contributed by atoms with E-state index in [1.165, 1.54) is 0 Å². The summed E-state index contributed by atoms with van der Waals surface area (Å²) in [6.07, 6.45) is 5.98. The van der Waals surface area contributed by atoms with Gasteiger partial charge in [0.05, 0.1) is 0 Å². The van der Waals surface area contributed by atoms with Crippen LogP contribution in [0.5, 0.6) is 0 Å². The van der Waals surface area contributed by atoms with Crippen LogP contribution in [0.4, 0.5) is 0 Å². The van der Waals surface area contributed by atoms with E-state index in [4.69, 9.17) is 5.73 Å². The van der Waals surface area contributed by atoms with Crippen LogP contribution in [-0.2, 0) is 6.54 Å². The fraction of sp³-hybridized carbons (Fsp3) is 0.0909. The van der Waals surface area contributed by atoms with Gasteiger partial charge in [-0.2, -0.15) is 0 Å². The maximum absolute atomic E-state index is 5.64. The van der Waals surface area contributed by atoms with Crippen LogP contribution in [0.3, 0.4) is 0 Å². The van der Waals surface area contributed by atoms with E-state index in [-0.39, 0.29) is 0 Å². The average Bonchev–Trinajstić information content (AvgIpc) is 2.30. The largest absolute Gasteiger partial charge is 0.326 e. The van der Waals surface area contributed by atoms with Crippen LogP contribution in [0.2, 0.25) is 0 Å². The number of aromatic nitrogens is 2. The van der Waals surface area contributed by atoms with Crippen LogP contribution in [0.25, 0.3) is 11.1 Å². The highest BCUT2D eigenvalue weighted by Gasteiger charge is 2.02. The minimum Gasteiger partial charge on any atom is -0.326 e. The lowest BCUT2D eigenvalue weighted by atomic mass is 10.0. The van der Waals surface area contributed by atoms with Crippen molar-refractivity contribution < 1.29 is 0 Å². The summed E-state index contributed by atoms with van der Waals surface area (Å²) in [6, 6.07) is 7.97. The van der Waals surface area contributed by atoms with Crippen molar-refractivity contribution in [1.29, 1.82) is 0 Å². The molecule has 0 aliphatic carbocycles. The quantitative estimate of drug-likeness (QED) is 0.767. The van der Waals surface area contributed by atoms with Gasteiger partial charge in [0, 0.05) is 24.5 Å². The van der Waals surface area contributed by atoms with Gasteiger partial charge in [0.25, 0.3) is 0 Å². The van der Waals surface area contributed by atoms with Gasteiger partial charge in [-0.25, -0.2) is 9.97 Å². The Morgan fingerprint density at radius 1 is 1.14 bits per heavy atom. The monoisotopic (exact) mass is 184 g/mol. The summed E-state index contributed by atoms with van der Waals surface area (Å²) < 4.78 is 0. The highest BCUT2D eigenvalue weighted by atomic mass is 14.8. The molecule has 0 spiro atoms. The van der Waals surface area contributed by atoms with Crippen LogP contribution >= 0.6 is 0 Å². The SMILES string of the molecule is NCc1ccccc1-c1cn[c]nc1. The number of hydrogen-bond donors (Lipinski definition) is 1. The first-order chi connectivity index (χ1) is 6.92. The van der Waals surface area contributed by atoms with E-state index < -0.39 is 0 Å². The molecule has 0 aliphatic heterocycles. The van der Waals surface area contributed by atoms with Gasteiger partial charge < -0.3 is 5.73 Å². The average molecular weight is 184 g/mol. The van der Waals surface area contributed by atoms with Gasteiger partial charge in [0.2, 0.25) is 0 Å². The number of benzene rings is 1. The Morgan fingerprint density at radius 3 is 2.57 bits per heavy atom. The number of nitrogens with zero attached hydrogens (tertiary/aromatic N) is 2. The van der Waals surface area contributed by atoms with E-state index in [9.17, 15) is 0 Å². The van der Waals surface area contributed by atoms with Gasteiger partial charge in [0.1, 0.15) is 0 Å². The normalized spacial score (nSPS) is 10.1. The standard InChI is InChI=1S/C11H10N3/c12-5-9-3-1-2-4-11(9)10-6-13-8-14-7-10/h1-4,6-7H,5,12H2. The van der Waals surface area contributed by atoms with Crippen molar-refractivity contribution in [2.24, 2.45) is 5.73 Å². The smallest absolute Gasteiger partial charge is 0.197 e. The van der Waals surface area contributed by atoms with Crippen molar-refractivity contribution >= 4 is 0 Å². The number of nitrogens with two attached hydrogens (primary N) is 1. The second-order valence-corrected chi connectivity index (χ2v) is 2.93. The first-order valence-corrected chi connectivity index (χ1v) is 4.38. The third kappa shape index (κ3) is 1.63. The molecule has 0 atom stereocenters. The summed E-state index contributed by atoms with van der Waals surface area (Å²) in [5.41, 5.74) is 8.80. The molecule has 2 aromatic rings. The number of hydrogen-bond acceptors (Lipinski definition) is 3. The molecule has 1 aromatic carbocycles. The maximum Gasteiger partial charge on any atom is 0.197 e. The molecular formula is C11H10N3. The van der Waals surface area contributed by atoms with Crippen molar-refractivity contribution in [3.8, 4) is 11.1 Å². The van der Waals surface area contributed by atoms with E-state index in [1.54, 1.807) is 12.4 Å². The minimum atomic E-state index is 0.523. The molecule has 0 fully saturated rings. The van der Waals surface area contributed by atoms with Crippen LogP contribution < -0.4 is 5.73 Å². The zero-order valence-corrected chi connectivity index (χ0v) is 7.64. The molecule has 1 aromatic heterocycles. The Morgan fingerprint density at radius 2 is 1.86 bits per heavy atom. The summed E-state index contributed by atoms with van der Waals surface area (Å²) in [7, 11) is 0. The van der Waals surface area contributed by atoms with Crippen LogP contribution in [-0.4, -0.2) is 9.97 Å². The van der Waals surface area contributed by atoms with Crippen molar-refractivity contribution in [3.63, 3.8) is 0 Å². The molecule has 1 heterocycles. The van der Waals surface area contributed by atoms with Crippen molar-refractivity contribution in [2.75, 3.05) is 0 Å². The Hall–Kier alpha value is -1.74. The molecule has 0 amide bonds. The van der Waals surface area contributed by atoms with Crippen LogP contribution in [0.15, 0.2) is 36.7 Å². The summed E-state index contributed by atoms with van der Waals surface area (Å²) in [4.78, 5) is 7.72. The van der Waals surface area contributed by atoms with Gasteiger partial charge >= 0.3 is 0 Å². The number of rotatable bonds is 2. The van der Waals surface area contributed by atoms with E-state index >= 15 is 0 Å². The Labute approximate surface area is 82.6 Å². The summed E-state index contributed by atoms with van der Waals surface area (Å²) in [5.74, 6) is 0. The minimum absolute atomic E-state index is 0.523. The molecule has 0 aliphatic rings. The molecule has 3 nitrogen and oxygen atoms in total. The fourth-order valence-corrected chi connectivity index (χ4v) is 1.38. The molecule has 69 valence electrons. The van der Waals surface area contributed by atoms with E-state index in [2.05, 4.69) is 16.3 Å². The highest BCUT2D eigenvalue weighted by Crippen LogP contribution is 2.21. The third-order valence-electron chi connectivity index (χ3n) is 2.07. The van der Waals surface area contributed by atoms with Gasteiger partial charge in [0.15, 0.2) is 6.33 Å². The van der Waals surface area contributed by atoms with Crippen LogP contribution in [0, 0.1) is 6.33 Å². The highest BCUT2D eigenvalue weighted by molar-refractivity contribution is 5.65. The third-order valence-corrected chi connectivity index (χ3v) is 2.07. The second-order valence-electron chi connectivity index (χ2n) is 2.93. The molecule has 2 N–H and O–H groups in total. The molecule has 0 saturated carbocycles. The second kappa shape index (κ2) is 3.98. The van der Waals surface area contributed by atoms with Crippen molar-refractivity contribution in [2.45, 2.75) is 6.54 Å². The Bertz CT molecular complexity index is 412. The lowest BCUT2D eigenvalue weighted by Crippen LogP contribution is -1.98. The topological polar surface area (TPSA) is 51.8 Å². The first kappa shape index (κ1) is 8.84. The lowest BCUT2D eigenvalue weighted by Gasteiger charge is -2.05. The van der Waals surface area contributed by atoms with E-state index in [0.29, 0.717) is 6.54 Å². The summed E-state index contributed by atoms with van der Waals surface area (Å²) in [6.45, 7) is 0.523. The zero-order chi connectivity index (χ0) is 9.80. The lowest BCUT2D eigenvalue weighted by molar-refractivity contribution is 1.07. The predicted octanol–water partition coefficient (Wildman–Crippen LogP) is 1.40. The van der Waals surface area contributed by atoms with E-state index in [1.807, 2.05) is 24.3 Å². The molecular weight excluding hydrogens is 174 g/mol. The zero-order valence-electron chi connectivity index (χ0n) is 7.64. The van der Waals surface area contributed by atoms with Gasteiger partial charge in [-0.05, 0) is 11.1 Å². The summed E-state index contributed by atoms with van der Waals surface area (Å²) >= 11 is 0. The van der Waals surface area contributed by atoms with Gasteiger partial charge in [-0.1, -0.05) is 24.3 Å². The van der Waals surface area contributed by atoms with Crippen LogP contribution in [0.1, 0.15) is 5.56 Å². The maximum atomic E-state index is 5.64.